The van der Waals surface area contributed by atoms with Crippen molar-refractivity contribution < 1.29 is 9.90 Å². The van der Waals surface area contributed by atoms with E-state index in [9.17, 15) is 14.7 Å². The number of hydrogen-bond acceptors (Lipinski definition) is 6. The van der Waals surface area contributed by atoms with E-state index >= 15 is 0 Å². The molecule has 8 nitrogen and oxygen atoms in total. The average Bonchev–Trinajstić information content (AvgIpc) is 2.79. The first-order chi connectivity index (χ1) is 9.40. The highest BCUT2D eigenvalue weighted by Gasteiger charge is 2.16. The lowest BCUT2D eigenvalue weighted by Gasteiger charge is -2.06. The fourth-order valence-electron chi connectivity index (χ4n) is 1.63. The van der Waals surface area contributed by atoms with Crippen molar-refractivity contribution in [1.29, 1.82) is 0 Å². The molecule has 0 atom stereocenters. The topological polar surface area (TPSA) is 103 Å². The summed E-state index contributed by atoms with van der Waals surface area (Å²) >= 11 is 0. The van der Waals surface area contributed by atoms with Crippen molar-refractivity contribution in [3.63, 3.8) is 0 Å². The quantitative estimate of drug-likeness (QED) is 0.615. The number of carbonyl (C=O) groups is 1. The van der Waals surface area contributed by atoms with Gasteiger partial charge in [0.25, 0.3) is 5.56 Å². The lowest BCUT2D eigenvalue weighted by atomic mass is 10.1. The van der Waals surface area contributed by atoms with Crippen LogP contribution in [0, 0.1) is 6.92 Å². The van der Waals surface area contributed by atoms with Crippen LogP contribution < -0.4 is 5.56 Å². The Balaban J connectivity index is 2.37. The Morgan fingerprint density at radius 3 is 2.70 bits per heavy atom. The normalized spacial score (nSPS) is 11.2. The molecular weight excluding hydrogens is 262 g/mol. The SMILES string of the molecule is Cc1cc(O)c(C(=O)C=Cc2nnn(C)n2)c(=O)n1C. The number of rotatable bonds is 3. The number of allylic oxidation sites excluding steroid dienone is 1. The third kappa shape index (κ3) is 2.48. The van der Waals surface area contributed by atoms with Crippen molar-refractivity contribution >= 4 is 11.9 Å². The molecule has 2 heterocycles. The van der Waals surface area contributed by atoms with E-state index in [2.05, 4.69) is 15.4 Å². The smallest absolute Gasteiger partial charge is 0.265 e. The summed E-state index contributed by atoms with van der Waals surface area (Å²) in [5.74, 6) is -0.716. The molecule has 2 aromatic heterocycles. The monoisotopic (exact) mass is 275 g/mol. The third-order valence-electron chi connectivity index (χ3n) is 2.80. The van der Waals surface area contributed by atoms with Crippen LogP contribution in [-0.4, -0.2) is 35.7 Å². The van der Waals surface area contributed by atoms with E-state index in [-0.39, 0.29) is 17.1 Å². The van der Waals surface area contributed by atoms with Crippen LogP contribution in [0.25, 0.3) is 6.08 Å². The summed E-state index contributed by atoms with van der Waals surface area (Å²) in [5, 5.41) is 20.9. The van der Waals surface area contributed by atoms with Gasteiger partial charge in [0.05, 0.1) is 7.05 Å². The van der Waals surface area contributed by atoms with Crippen molar-refractivity contribution in [1.82, 2.24) is 24.8 Å². The molecule has 104 valence electrons. The predicted molar refractivity (Wildman–Crippen MR) is 70.2 cm³/mol. The van der Waals surface area contributed by atoms with Crippen LogP contribution >= 0.6 is 0 Å². The summed E-state index contributed by atoms with van der Waals surface area (Å²) in [4.78, 5) is 25.2. The molecule has 0 aliphatic carbocycles. The van der Waals surface area contributed by atoms with Crippen molar-refractivity contribution in [2.75, 3.05) is 0 Å². The van der Waals surface area contributed by atoms with E-state index in [0.29, 0.717) is 5.69 Å². The van der Waals surface area contributed by atoms with Crippen molar-refractivity contribution in [2.24, 2.45) is 14.1 Å². The standard InChI is InChI=1S/C12H13N5O3/c1-7-6-9(19)11(12(20)16(7)2)8(18)4-5-10-13-15-17(3)14-10/h4-6,19H,1-3H3. The molecule has 2 aromatic rings. The molecule has 0 radical (unpaired) electrons. The maximum Gasteiger partial charge on any atom is 0.265 e. The molecule has 0 amide bonds. The number of nitrogens with zero attached hydrogens (tertiary/aromatic N) is 5. The summed E-state index contributed by atoms with van der Waals surface area (Å²) < 4.78 is 1.29. The highest BCUT2D eigenvalue weighted by molar-refractivity contribution is 6.08. The van der Waals surface area contributed by atoms with Crippen molar-refractivity contribution in [3.05, 3.63) is 39.6 Å². The predicted octanol–water partition coefficient (Wildman–Crippen LogP) is -0.181. The summed E-state index contributed by atoms with van der Waals surface area (Å²) in [7, 11) is 3.12. The first kappa shape index (κ1) is 13.7. The number of hydrogen-bond donors (Lipinski definition) is 1. The third-order valence-corrected chi connectivity index (χ3v) is 2.80. The Labute approximate surface area is 114 Å². The maximum atomic E-state index is 12.0. The van der Waals surface area contributed by atoms with Gasteiger partial charge in [-0.3, -0.25) is 9.59 Å². The van der Waals surface area contributed by atoms with Crippen molar-refractivity contribution in [2.45, 2.75) is 6.92 Å². The van der Waals surface area contributed by atoms with Crippen LogP contribution in [0.4, 0.5) is 0 Å². The van der Waals surface area contributed by atoms with E-state index < -0.39 is 11.3 Å². The highest BCUT2D eigenvalue weighted by atomic mass is 16.3. The van der Waals surface area contributed by atoms with Gasteiger partial charge in [-0.15, -0.1) is 10.2 Å². The van der Waals surface area contributed by atoms with Crippen LogP contribution in [0.3, 0.4) is 0 Å². The molecular formula is C12H13N5O3. The minimum absolute atomic E-state index is 0.240. The van der Waals surface area contributed by atoms with Crippen LogP contribution in [0.15, 0.2) is 16.9 Å². The highest BCUT2D eigenvalue weighted by Crippen LogP contribution is 2.15. The summed E-state index contributed by atoms with van der Waals surface area (Å²) in [6, 6.07) is 1.36. The zero-order chi connectivity index (χ0) is 14.9. The lowest BCUT2D eigenvalue weighted by molar-refractivity contribution is 0.104. The largest absolute Gasteiger partial charge is 0.507 e. The Bertz CT molecular complexity index is 757. The van der Waals surface area contributed by atoms with Gasteiger partial charge in [-0.25, -0.2) is 0 Å². The van der Waals surface area contributed by atoms with Gasteiger partial charge in [0.2, 0.25) is 0 Å². The first-order valence-corrected chi connectivity index (χ1v) is 5.76. The second-order valence-electron chi connectivity index (χ2n) is 4.24. The maximum absolute atomic E-state index is 12.0. The van der Waals surface area contributed by atoms with Crippen molar-refractivity contribution in [3.8, 4) is 5.75 Å². The average molecular weight is 275 g/mol. The minimum atomic E-state index is -0.615. The van der Waals surface area contributed by atoms with E-state index in [1.54, 1.807) is 14.0 Å². The molecule has 0 saturated carbocycles. The van der Waals surface area contributed by atoms with E-state index in [1.807, 2.05) is 0 Å². The zero-order valence-electron chi connectivity index (χ0n) is 11.2. The lowest BCUT2D eigenvalue weighted by Crippen LogP contribution is -2.25. The van der Waals surface area contributed by atoms with Gasteiger partial charge < -0.3 is 9.67 Å². The second kappa shape index (κ2) is 5.08. The van der Waals surface area contributed by atoms with Gasteiger partial charge in [0, 0.05) is 18.8 Å². The van der Waals surface area contributed by atoms with Crippen LogP contribution in [0.2, 0.25) is 0 Å². The number of carbonyl (C=O) groups excluding carboxylic acids is 1. The number of tetrazole rings is 1. The molecule has 8 heteroatoms. The van der Waals surface area contributed by atoms with Gasteiger partial charge in [0.1, 0.15) is 11.3 Å². The van der Waals surface area contributed by atoms with Crippen LogP contribution in [-0.2, 0) is 14.1 Å². The van der Waals surface area contributed by atoms with E-state index in [1.165, 1.54) is 28.6 Å². The van der Waals surface area contributed by atoms with Gasteiger partial charge in [-0.05, 0) is 24.3 Å². The fourth-order valence-corrected chi connectivity index (χ4v) is 1.63. The van der Waals surface area contributed by atoms with E-state index in [0.717, 1.165) is 6.08 Å². The fraction of sp³-hybridized carbons (Fsp3) is 0.250. The molecule has 0 aromatic carbocycles. The number of pyridine rings is 1. The summed E-state index contributed by atoms with van der Waals surface area (Å²) in [5.41, 5.74) is -0.272. The molecule has 1 N–H and O–H groups in total. The van der Waals surface area contributed by atoms with Gasteiger partial charge in [0.15, 0.2) is 11.6 Å². The summed E-state index contributed by atoms with van der Waals surface area (Å²) in [6.45, 7) is 1.66. The molecule has 0 bridgehead atoms. The molecule has 2 rings (SSSR count). The Hall–Kier alpha value is -2.77. The summed E-state index contributed by atoms with van der Waals surface area (Å²) in [6.07, 6.45) is 2.46. The van der Waals surface area contributed by atoms with Crippen LogP contribution in [0.1, 0.15) is 21.9 Å². The minimum Gasteiger partial charge on any atom is -0.507 e. The molecule has 0 saturated heterocycles. The zero-order valence-corrected chi connectivity index (χ0v) is 11.2. The molecule has 0 unspecified atom stereocenters. The van der Waals surface area contributed by atoms with Gasteiger partial charge in [-0.2, -0.15) is 4.80 Å². The van der Waals surface area contributed by atoms with Gasteiger partial charge in [-0.1, -0.05) is 0 Å². The Morgan fingerprint density at radius 1 is 1.40 bits per heavy atom. The first-order valence-electron chi connectivity index (χ1n) is 5.76. The van der Waals surface area contributed by atoms with Gasteiger partial charge >= 0.3 is 0 Å². The number of aromatic hydroxyl groups is 1. The molecule has 20 heavy (non-hydrogen) atoms. The molecule has 0 aliphatic heterocycles. The molecule has 0 fully saturated rings. The Kier molecular flexibility index (Phi) is 3.47. The van der Waals surface area contributed by atoms with Crippen LogP contribution in [0.5, 0.6) is 5.75 Å². The molecule has 0 aliphatic rings. The second-order valence-corrected chi connectivity index (χ2v) is 4.24. The number of aryl methyl sites for hydroxylation is 2. The Morgan fingerprint density at radius 2 is 2.10 bits per heavy atom. The molecule has 0 spiro atoms. The number of aromatic nitrogens is 5. The van der Waals surface area contributed by atoms with E-state index in [4.69, 9.17) is 0 Å². The number of ketones is 1.